The molecule has 0 amide bonds. The Morgan fingerprint density at radius 3 is 0.676 bits per heavy atom. The third kappa shape index (κ3) is 8.51. The van der Waals surface area contributed by atoms with Crippen LogP contribution in [0.1, 0.15) is 64.5 Å². The molecular formula is C27H27AlO6. The van der Waals surface area contributed by atoms with Gasteiger partial charge in [-0.1, -0.05) is 54.6 Å². The molecule has 0 aliphatic rings. The summed E-state index contributed by atoms with van der Waals surface area (Å²) in [5.41, 5.74) is 5.47. The van der Waals surface area contributed by atoms with Crippen molar-refractivity contribution in [1.82, 2.24) is 0 Å². The van der Waals surface area contributed by atoms with E-state index in [4.69, 9.17) is 0 Å². The van der Waals surface area contributed by atoms with Crippen molar-refractivity contribution in [1.29, 1.82) is 0 Å². The van der Waals surface area contributed by atoms with Crippen LogP contribution in [0, 0.1) is 41.5 Å². The van der Waals surface area contributed by atoms with E-state index >= 15 is 0 Å². The minimum absolute atomic E-state index is 0. The van der Waals surface area contributed by atoms with Crippen LogP contribution in [0.25, 0.3) is 0 Å². The second-order valence-corrected chi connectivity index (χ2v) is 7.66. The van der Waals surface area contributed by atoms with E-state index in [2.05, 4.69) is 0 Å². The Hall–Kier alpha value is -3.40. The number of benzene rings is 3. The molecule has 6 nitrogen and oxygen atoms in total. The number of carbonyl (C=O) groups is 3. The summed E-state index contributed by atoms with van der Waals surface area (Å²) in [4.78, 5) is 31.6. The molecule has 0 atom stereocenters. The second-order valence-electron chi connectivity index (χ2n) is 7.66. The number of aromatic carboxylic acids is 3. The van der Waals surface area contributed by atoms with E-state index in [1.54, 1.807) is 77.9 Å². The molecule has 0 aliphatic heterocycles. The Labute approximate surface area is 211 Å². The van der Waals surface area contributed by atoms with Crippen molar-refractivity contribution >= 4 is 35.3 Å². The van der Waals surface area contributed by atoms with Crippen LogP contribution in [-0.2, 0) is 0 Å². The number of hydrogen-bond acceptors (Lipinski definition) is 6. The van der Waals surface area contributed by atoms with Gasteiger partial charge in [-0.05, 0) is 74.9 Å². The molecule has 3 rings (SSSR count). The Kier molecular flexibility index (Phi) is 12.6. The van der Waals surface area contributed by atoms with Gasteiger partial charge in [0.2, 0.25) is 0 Å². The molecule has 0 N–H and O–H groups in total. The molecule has 3 aromatic rings. The molecule has 7 heteroatoms. The topological polar surface area (TPSA) is 120 Å². The monoisotopic (exact) mass is 474 g/mol. The van der Waals surface area contributed by atoms with Gasteiger partial charge < -0.3 is 29.7 Å². The third-order valence-electron chi connectivity index (χ3n) is 5.06. The quantitative estimate of drug-likeness (QED) is 0.532. The van der Waals surface area contributed by atoms with E-state index in [1.165, 1.54) is 0 Å². The van der Waals surface area contributed by atoms with Gasteiger partial charge in [-0.2, -0.15) is 0 Å². The fraction of sp³-hybridized carbons (Fsp3) is 0.222. The summed E-state index contributed by atoms with van der Waals surface area (Å²) in [6, 6.07) is 16.1. The zero-order valence-electron chi connectivity index (χ0n) is 20.2. The summed E-state index contributed by atoms with van der Waals surface area (Å²) < 4.78 is 0. The van der Waals surface area contributed by atoms with Crippen LogP contribution in [0.5, 0.6) is 0 Å². The van der Waals surface area contributed by atoms with Crippen LogP contribution >= 0.6 is 0 Å². The molecule has 0 spiro atoms. The van der Waals surface area contributed by atoms with Gasteiger partial charge in [0.05, 0.1) is 17.9 Å². The van der Waals surface area contributed by atoms with Crippen LogP contribution in [-0.4, -0.2) is 35.3 Å². The van der Waals surface area contributed by atoms with Crippen LogP contribution in [0.3, 0.4) is 0 Å². The van der Waals surface area contributed by atoms with Gasteiger partial charge in [0.25, 0.3) is 0 Å². The molecule has 0 saturated heterocycles. The Bertz CT molecular complexity index is 961. The number of carboxylic acid groups (broad SMARTS) is 3. The average Bonchev–Trinajstić information content (AvgIpc) is 2.68. The first-order valence-corrected chi connectivity index (χ1v) is 10.2. The minimum atomic E-state index is -1.10. The zero-order chi connectivity index (χ0) is 25.3. The Morgan fingerprint density at radius 2 is 0.588 bits per heavy atom. The van der Waals surface area contributed by atoms with E-state index in [1.807, 2.05) is 18.2 Å². The standard InChI is InChI=1S/3C9H10O2.Al/c3*1-6-4-3-5-7(2)8(6)9(10)11;/h3*3-5H,1-2H3,(H,10,11);/q;;;+3/p-3. The maximum atomic E-state index is 10.5. The van der Waals surface area contributed by atoms with Gasteiger partial charge in [-0.25, -0.2) is 0 Å². The van der Waals surface area contributed by atoms with E-state index in [9.17, 15) is 29.7 Å². The normalized spacial score (nSPS) is 9.35. The molecule has 0 aromatic heterocycles. The van der Waals surface area contributed by atoms with Gasteiger partial charge in [-0.15, -0.1) is 0 Å². The van der Waals surface area contributed by atoms with Crippen molar-refractivity contribution in [3.8, 4) is 0 Å². The molecule has 0 aliphatic carbocycles. The first kappa shape index (κ1) is 30.6. The largest absolute Gasteiger partial charge is 3.00 e. The predicted octanol–water partition coefficient (Wildman–Crippen LogP) is 1.62. The molecule has 0 fully saturated rings. The van der Waals surface area contributed by atoms with Crippen molar-refractivity contribution < 1.29 is 29.7 Å². The van der Waals surface area contributed by atoms with Crippen LogP contribution in [0.4, 0.5) is 0 Å². The van der Waals surface area contributed by atoms with Gasteiger partial charge in [0.1, 0.15) is 0 Å². The van der Waals surface area contributed by atoms with Crippen molar-refractivity contribution in [2.75, 3.05) is 0 Å². The Morgan fingerprint density at radius 1 is 0.441 bits per heavy atom. The molecule has 34 heavy (non-hydrogen) atoms. The van der Waals surface area contributed by atoms with E-state index in [-0.39, 0.29) is 17.4 Å². The average molecular weight is 474 g/mol. The molecule has 3 aromatic carbocycles. The van der Waals surface area contributed by atoms with E-state index < -0.39 is 17.9 Å². The van der Waals surface area contributed by atoms with Gasteiger partial charge in [0.15, 0.2) is 0 Å². The summed E-state index contributed by atoms with van der Waals surface area (Å²) in [7, 11) is 0. The second kappa shape index (κ2) is 14.0. The fourth-order valence-electron chi connectivity index (χ4n) is 3.41. The van der Waals surface area contributed by atoms with Crippen molar-refractivity contribution in [2.45, 2.75) is 41.5 Å². The number of aryl methyl sites for hydroxylation is 6. The van der Waals surface area contributed by atoms with Crippen LogP contribution < -0.4 is 15.3 Å². The minimum Gasteiger partial charge on any atom is -0.545 e. The van der Waals surface area contributed by atoms with Gasteiger partial charge in [0, 0.05) is 16.7 Å². The smallest absolute Gasteiger partial charge is 0.545 e. The summed E-state index contributed by atoms with van der Waals surface area (Å²) in [5, 5.41) is 31.6. The maximum Gasteiger partial charge on any atom is 3.00 e. The molecule has 0 radical (unpaired) electrons. The molecule has 0 unspecified atom stereocenters. The number of carbonyl (C=O) groups excluding carboxylic acids is 3. The predicted molar refractivity (Wildman–Crippen MR) is 126 cm³/mol. The number of rotatable bonds is 3. The van der Waals surface area contributed by atoms with Crippen LogP contribution in [0.2, 0.25) is 0 Å². The summed E-state index contributed by atoms with van der Waals surface area (Å²) in [5.74, 6) is -3.29. The van der Waals surface area contributed by atoms with Crippen LogP contribution in [0.15, 0.2) is 54.6 Å². The van der Waals surface area contributed by atoms with Gasteiger partial charge in [-0.3, -0.25) is 0 Å². The number of hydrogen-bond donors (Lipinski definition) is 0. The van der Waals surface area contributed by atoms with Crippen molar-refractivity contribution in [2.24, 2.45) is 0 Å². The summed E-state index contributed by atoms with van der Waals surface area (Å²) in [6.45, 7) is 10.6. The summed E-state index contributed by atoms with van der Waals surface area (Å²) in [6.07, 6.45) is 0. The number of carboxylic acids is 3. The molecular weight excluding hydrogens is 447 g/mol. The maximum absolute atomic E-state index is 10.5. The molecule has 174 valence electrons. The van der Waals surface area contributed by atoms with E-state index in [0.717, 1.165) is 33.4 Å². The van der Waals surface area contributed by atoms with Gasteiger partial charge >= 0.3 is 17.4 Å². The SMILES string of the molecule is Cc1cccc(C)c1C(=O)[O-].Cc1cccc(C)c1C(=O)[O-].Cc1cccc(C)c1C(=O)[O-].[Al+3]. The summed E-state index contributed by atoms with van der Waals surface area (Å²) >= 11 is 0. The molecule has 0 bridgehead atoms. The first-order chi connectivity index (χ1) is 15.4. The van der Waals surface area contributed by atoms with Crippen molar-refractivity contribution in [3.63, 3.8) is 0 Å². The van der Waals surface area contributed by atoms with Crippen molar-refractivity contribution in [3.05, 3.63) is 105 Å². The first-order valence-electron chi connectivity index (χ1n) is 10.2. The zero-order valence-corrected chi connectivity index (χ0v) is 21.4. The third-order valence-corrected chi connectivity index (χ3v) is 5.06. The molecule has 0 saturated carbocycles. The molecule has 0 heterocycles. The fourth-order valence-corrected chi connectivity index (χ4v) is 3.41. The Balaban J connectivity index is 0.000000473. The van der Waals surface area contributed by atoms with E-state index in [0.29, 0.717) is 16.7 Å².